The molecular formula is C18H22F2N4O4S. The highest BCUT2D eigenvalue weighted by Gasteiger charge is 2.49. The number of hydrogen-bond acceptors (Lipinski definition) is 6. The number of likely N-dealkylation sites (N-methyl/N-ethyl adjacent to an activating group) is 1. The number of sulfone groups is 1. The summed E-state index contributed by atoms with van der Waals surface area (Å²) in [5, 5.41) is 16.1. The molecule has 1 N–H and O–H groups in total. The summed E-state index contributed by atoms with van der Waals surface area (Å²) in [4.78, 5) is 6.62. The van der Waals surface area contributed by atoms with E-state index in [1.165, 1.54) is 6.07 Å². The van der Waals surface area contributed by atoms with Gasteiger partial charge < -0.3 is 19.6 Å². The summed E-state index contributed by atoms with van der Waals surface area (Å²) in [6.45, 7) is 4.57. The van der Waals surface area contributed by atoms with Crippen LogP contribution in [0.3, 0.4) is 0 Å². The molecule has 0 radical (unpaired) electrons. The molecule has 0 aliphatic carbocycles. The van der Waals surface area contributed by atoms with Crippen molar-refractivity contribution in [3.8, 4) is 11.9 Å². The Hall–Kier alpha value is -2.45. The first-order chi connectivity index (χ1) is 13.3. The molecule has 8 nitrogen and oxygen atoms in total. The van der Waals surface area contributed by atoms with Gasteiger partial charge in [-0.1, -0.05) is 0 Å². The molecule has 1 fully saturated rings. The molecule has 0 aromatic heterocycles. The number of nitrogens with zero attached hydrogens (tertiary/aromatic N) is 4. The van der Waals surface area contributed by atoms with E-state index in [1.807, 2.05) is 0 Å². The van der Waals surface area contributed by atoms with Gasteiger partial charge in [0.05, 0.1) is 10.9 Å². The zero-order chi connectivity index (χ0) is 21.8. The molecular weight excluding hydrogens is 406 g/mol. The molecule has 29 heavy (non-hydrogen) atoms. The van der Waals surface area contributed by atoms with Crippen LogP contribution in [0.1, 0.15) is 32.4 Å². The van der Waals surface area contributed by atoms with Gasteiger partial charge in [0.15, 0.2) is 0 Å². The lowest BCUT2D eigenvalue weighted by Crippen LogP contribution is -2.54. The first-order valence-corrected chi connectivity index (χ1v) is 10.4. The van der Waals surface area contributed by atoms with E-state index in [0.717, 1.165) is 12.1 Å². The van der Waals surface area contributed by atoms with Crippen LogP contribution in [-0.4, -0.2) is 66.4 Å². The number of aliphatic hydroxyl groups is 1. The molecule has 0 saturated carbocycles. The molecule has 2 atom stereocenters. The van der Waals surface area contributed by atoms with Crippen LogP contribution in [0.2, 0.25) is 0 Å². The molecule has 0 spiro atoms. The Bertz CT molecular complexity index is 998. The molecule has 158 valence electrons. The standard InChI is InChI=1S/C18H22F2N4O4S/c1-17(2)15(25)14(24-8-7-23(4)16(24)22-10-21)12-9-11(5-6-13(12)28-17)29(26,27)18(3,19)20/h5-6,9,14-15,25H,7-8H2,1-4H3/t14-,15+/m0/s1. The quantitative estimate of drug-likeness (QED) is 0.731. The summed E-state index contributed by atoms with van der Waals surface area (Å²) in [6.07, 6.45) is 0.573. The van der Waals surface area contributed by atoms with E-state index in [1.54, 1.807) is 36.9 Å². The number of aliphatic hydroxyl groups excluding tert-OH is 1. The lowest BCUT2D eigenvalue weighted by atomic mass is 9.85. The normalized spacial score (nSPS) is 25.5. The van der Waals surface area contributed by atoms with Crippen LogP contribution in [-0.2, 0) is 9.84 Å². The summed E-state index contributed by atoms with van der Waals surface area (Å²) in [5.41, 5.74) is -0.811. The first-order valence-electron chi connectivity index (χ1n) is 8.89. The fraction of sp³-hybridized carbons (Fsp3) is 0.556. The maximum Gasteiger partial charge on any atom is 0.347 e. The smallest absolute Gasteiger partial charge is 0.347 e. The second-order valence-electron chi connectivity index (χ2n) is 7.73. The Kier molecular flexibility index (Phi) is 4.99. The van der Waals surface area contributed by atoms with E-state index >= 15 is 0 Å². The summed E-state index contributed by atoms with van der Waals surface area (Å²) in [6, 6.07) is 2.64. The van der Waals surface area contributed by atoms with E-state index in [0.29, 0.717) is 26.0 Å². The predicted octanol–water partition coefficient (Wildman–Crippen LogP) is 1.73. The maximum atomic E-state index is 13.7. The molecule has 2 heterocycles. The molecule has 0 amide bonds. The Morgan fingerprint density at radius 3 is 2.62 bits per heavy atom. The number of ether oxygens (including phenoxy) is 1. The van der Waals surface area contributed by atoms with Crippen LogP contribution < -0.4 is 4.74 Å². The van der Waals surface area contributed by atoms with E-state index in [-0.39, 0.29) is 11.3 Å². The summed E-state index contributed by atoms with van der Waals surface area (Å²) in [7, 11) is -3.19. The molecule has 0 bridgehead atoms. The van der Waals surface area contributed by atoms with Gasteiger partial charge in [-0.05, 0) is 32.0 Å². The van der Waals surface area contributed by atoms with Crippen LogP contribution in [0.4, 0.5) is 8.78 Å². The minimum absolute atomic E-state index is 0.239. The average molecular weight is 428 g/mol. The maximum absolute atomic E-state index is 13.7. The van der Waals surface area contributed by atoms with E-state index in [9.17, 15) is 22.3 Å². The van der Waals surface area contributed by atoms with Gasteiger partial charge in [-0.3, -0.25) is 0 Å². The third-order valence-electron chi connectivity index (χ3n) is 5.23. The monoisotopic (exact) mass is 428 g/mol. The van der Waals surface area contributed by atoms with Crippen molar-refractivity contribution in [3.05, 3.63) is 23.8 Å². The number of alkyl halides is 2. The van der Waals surface area contributed by atoms with Gasteiger partial charge in [-0.25, -0.2) is 8.42 Å². The van der Waals surface area contributed by atoms with Crippen LogP contribution in [0.15, 0.2) is 28.1 Å². The number of halogens is 2. The molecule has 2 aliphatic heterocycles. The van der Waals surface area contributed by atoms with Crippen LogP contribution in [0, 0.1) is 11.5 Å². The number of nitriles is 1. The topological polar surface area (TPSA) is 106 Å². The number of rotatable bonds is 3. The van der Waals surface area contributed by atoms with Gasteiger partial charge in [0.2, 0.25) is 22.0 Å². The van der Waals surface area contributed by atoms with Crippen LogP contribution >= 0.6 is 0 Å². The van der Waals surface area contributed by atoms with Crippen molar-refractivity contribution in [1.29, 1.82) is 5.26 Å². The molecule has 1 saturated heterocycles. The third-order valence-corrected chi connectivity index (χ3v) is 7.05. The van der Waals surface area contributed by atoms with E-state index in [4.69, 9.17) is 10.00 Å². The van der Waals surface area contributed by atoms with Gasteiger partial charge in [0.1, 0.15) is 17.5 Å². The summed E-state index contributed by atoms with van der Waals surface area (Å²) >= 11 is 0. The molecule has 2 aliphatic rings. The number of hydrogen-bond donors (Lipinski definition) is 1. The Balaban J connectivity index is 2.20. The number of aliphatic imine (C=N–C) groups is 1. The molecule has 1 aromatic carbocycles. The lowest BCUT2D eigenvalue weighted by Gasteiger charge is -2.45. The highest BCUT2D eigenvalue weighted by Crippen LogP contribution is 2.45. The average Bonchev–Trinajstić information content (AvgIpc) is 2.95. The molecule has 3 rings (SSSR count). The second-order valence-corrected chi connectivity index (χ2v) is 9.93. The van der Waals surface area contributed by atoms with Gasteiger partial charge in [0.25, 0.3) is 0 Å². The molecule has 0 unspecified atom stereocenters. The lowest BCUT2D eigenvalue weighted by molar-refractivity contribution is -0.0802. The minimum Gasteiger partial charge on any atom is -0.485 e. The third kappa shape index (κ3) is 3.40. The summed E-state index contributed by atoms with van der Waals surface area (Å²) in [5.74, 6) is 0.573. The van der Waals surface area contributed by atoms with Gasteiger partial charge >= 0.3 is 5.25 Å². The zero-order valence-electron chi connectivity index (χ0n) is 16.4. The van der Waals surface area contributed by atoms with Crippen molar-refractivity contribution < 1.29 is 27.0 Å². The largest absolute Gasteiger partial charge is 0.485 e. The number of fused-ring (bicyclic) bond motifs is 1. The van der Waals surface area contributed by atoms with Gasteiger partial charge in [-0.15, -0.1) is 4.99 Å². The Labute approximate surface area is 167 Å². The fourth-order valence-corrected chi connectivity index (χ4v) is 4.54. The first kappa shape index (κ1) is 21.3. The van der Waals surface area contributed by atoms with Crippen molar-refractivity contribution in [2.45, 2.75) is 48.7 Å². The predicted molar refractivity (Wildman–Crippen MR) is 100 cm³/mol. The molecule has 11 heteroatoms. The number of benzene rings is 1. The number of guanidine groups is 1. The highest BCUT2D eigenvalue weighted by molar-refractivity contribution is 7.92. The molecule has 1 aromatic rings. The van der Waals surface area contributed by atoms with Crippen molar-refractivity contribution in [3.63, 3.8) is 0 Å². The van der Waals surface area contributed by atoms with Crippen LogP contribution in [0.25, 0.3) is 0 Å². The van der Waals surface area contributed by atoms with Crippen LogP contribution in [0.5, 0.6) is 5.75 Å². The minimum atomic E-state index is -4.92. The second kappa shape index (κ2) is 6.81. The Morgan fingerprint density at radius 2 is 2.03 bits per heavy atom. The highest BCUT2D eigenvalue weighted by atomic mass is 32.2. The van der Waals surface area contributed by atoms with Gasteiger partial charge in [0, 0.05) is 32.6 Å². The Morgan fingerprint density at radius 1 is 1.38 bits per heavy atom. The van der Waals surface area contributed by atoms with E-state index in [2.05, 4.69) is 4.99 Å². The van der Waals surface area contributed by atoms with E-state index < -0.39 is 37.7 Å². The van der Waals surface area contributed by atoms with Gasteiger partial charge in [-0.2, -0.15) is 14.0 Å². The van der Waals surface area contributed by atoms with Crippen molar-refractivity contribution >= 4 is 15.8 Å². The summed E-state index contributed by atoms with van der Waals surface area (Å²) < 4.78 is 57.7. The van der Waals surface area contributed by atoms with Crippen molar-refractivity contribution in [1.82, 2.24) is 9.80 Å². The SMILES string of the molecule is CN1CCN([C@H]2c3cc(S(=O)(=O)C(C)(F)F)ccc3OC(C)(C)[C@@H]2O)C1=NC#N. The van der Waals surface area contributed by atoms with Crippen molar-refractivity contribution in [2.75, 3.05) is 20.1 Å². The fourth-order valence-electron chi connectivity index (χ4n) is 3.59. The van der Waals surface area contributed by atoms with Crippen molar-refractivity contribution in [2.24, 2.45) is 4.99 Å². The zero-order valence-corrected chi connectivity index (χ0v) is 17.2.